The van der Waals surface area contributed by atoms with Crippen LogP contribution in [-0.2, 0) is 29.1 Å². The second-order valence-corrected chi connectivity index (χ2v) is 8.94. The highest BCUT2D eigenvalue weighted by Crippen LogP contribution is 2.21. The van der Waals surface area contributed by atoms with Crippen LogP contribution in [0.3, 0.4) is 0 Å². The maximum atomic E-state index is 5.65. The molecule has 0 saturated carbocycles. The summed E-state index contributed by atoms with van der Waals surface area (Å²) in [7, 11) is 5.55. The molecule has 0 spiro atoms. The summed E-state index contributed by atoms with van der Waals surface area (Å²) in [5, 5.41) is 6.57. The monoisotopic (exact) mass is 573 g/mol. The molecule has 1 fully saturated rings. The second-order valence-electron chi connectivity index (χ2n) is 8.05. The molecule has 0 amide bonds. The maximum Gasteiger partial charge on any atom is 0.194 e. The fraction of sp³-hybridized carbons (Fsp3) is 0.565. The number of methoxy groups -OCH3 is 1. The van der Waals surface area contributed by atoms with E-state index in [-0.39, 0.29) is 30.1 Å². The van der Waals surface area contributed by atoms with Crippen molar-refractivity contribution in [1.29, 1.82) is 0 Å². The van der Waals surface area contributed by atoms with Crippen LogP contribution < -0.4 is 5.32 Å². The minimum absolute atomic E-state index is 0. The molecule has 9 heteroatoms. The van der Waals surface area contributed by atoms with Gasteiger partial charge in [0.05, 0.1) is 24.9 Å². The first-order chi connectivity index (χ1) is 15.0. The standard InChI is InChI=1S/C23H35N5O2S.HI/c1-17-13-28(9-10-30-17)14-20-8-6-7-19(11-20)12-25-23(24-3)27(4)15-21-16-31-22(26-21)18(2)29-5;/h6-8,11,16-18H,9-10,12-15H2,1-5H3,(H,24,25);1H. The lowest BCUT2D eigenvalue weighted by Gasteiger charge is -2.31. The van der Waals surface area contributed by atoms with Crippen molar-refractivity contribution in [1.82, 2.24) is 20.1 Å². The van der Waals surface area contributed by atoms with E-state index in [1.165, 1.54) is 11.1 Å². The highest BCUT2D eigenvalue weighted by Gasteiger charge is 2.17. The van der Waals surface area contributed by atoms with Gasteiger partial charge in [0.25, 0.3) is 0 Å². The van der Waals surface area contributed by atoms with Gasteiger partial charge in [-0.05, 0) is 25.0 Å². The van der Waals surface area contributed by atoms with E-state index in [1.54, 1.807) is 18.4 Å². The quantitative estimate of drug-likeness (QED) is 0.294. The van der Waals surface area contributed by atoms with Gasteiger partial charge in [-0.1, -0.05) is 24.3 Å². The number of aliphatic imine (C=N–C) groups is 1. The van der Waals surface area contributed by atoms with E-state index in [2.05, 4.69) is 61.7 Å². The number of nitrogens with one attached hydrogen (secondary N) is 1. The molecule has 1 saturated heterocycles. The molecular weight excluding hydrogens is 537 g/mol. The highest BCUT2D eigenvalue weighted by molar-refractivity contribution is 14.0. The molecule has 178 valence electrons. The van der Waals surface area contributed by atoms with Crippen molar-refractivity contribution in [3.05, 3.63) is 51.5 Å². The van der Waals surface area contributed by atoms with Crippen LogP contribution in [0, 0.1) is 0 Å². The molecule has 1 aromatic heterocycles. The number of ether oxygens (including phenoxy) is 2. The molecule has 7 nitrogen and oxygen atoms in total. The number of hydrogen-bond acceptors (Lipinski definition) is 6. The minimum atomic E-state index is 0. The Kier molecular flexibility index (Phi) is 11.3. The third kappa shape index (κ3) is 7.95. The molecule has 3 rings (SSSR count). The molecule has 0 radical (unpaired) electrons. The van der Waals surface area contributed by atoms with E-state index < -0.39 is 0 Å². The van der Waals surface area contributed by atoms with Gasteiger partial charge in [-0.3, -0.25) is 9.89 Å². The SMILES string of the molecule is CN=C(NCc1cccc(CN2CCOC(C)C2)c1)N(C)Cc1csc(C(C)OC)n1.I. The summed E-state index contributed by atoms with van der Waals surface area (Å²) < 4.78 is 11.0. The Hall–Kier alpha value is -1.27. The van der Waals surface area contributed by atoms with E-state index in [0.717, 1.165) is 49.4 Å². The number of halogens is 1. The zero-order valence-electron chi connectivity index (χ0n) is 19.7. The average molecular weight is 574 g/mol. The van der Waals surface area contributed by atoms with E-state index >= 15 is 0 Å². The van der Waals surface area contributed by atoms with Crippen molar-refractivity contribution >= 4 is 41.3 Å². The largest absolute Gasteiger partial charge is 0.376 e. The predicted molar refractivity (Wildman–Crippen MR) is 142 cm³/mol. The van der Waals surface area contributed by atoms with Crippen LogP contribution in [-0.4, -0.2) is 67.7 Å². The van der Waals surface area contributed by atoms with Gasteiger partial charge >= 0.3 is 0 Å². The smallest absolute Gasteiger partial charge is 0.194 e. The summed E-state index contributed by atoms with van der Waals surface area (Å²) in [5.74, 6) is 0.849. The van der Waals surface area contributed by atoms with E-state index in [9.17, 15) is 0 Å². The first kappa shape index (κ1) is 27.0. The van der Waals surface area contributed by atoms with Crippen molar-refractivity contribution in [2.75, 3.05) is 40.9 Å². The van der Waals surface area contributed by atoms with Crippen LogP contribution in [0.1, 0.15) is 41.8 Å². The van der Waals surface area contributed by atoms with Gasteiger partial charge in [-0.25, -0.2) is 4.98 Å². The van der Waals surface area contributed by atoms with E-state index in [1.807, 2.05) is 21.0 Å². The molecule has 0 bridgehead atoms. The zero-order chi connectivity index (χ0) is 22.2. The van der Waals surface area contributed by atoms with E-state index in [0.29, 0.717) is 12.6 Å². The summed E-state index contributed by atoms with van der Waals surface area (Å²) in [4.78, 5) is 13.7. The number of rotatable bonds is 8. The number of aromatic nitrogens is 1. The molecule has 1 N–H and O–H groups in total. The van der Waals surface area contributed by atoms with Crippen LogP contribution in [0.5, 0.6) is 0 Å². The highest BCUT2D eigenvalue weighted by atomic mass is 127. The summed E-state index contributed by atoms with van der Waals surface area (Å²) in [6.45, 7) is 9.33. The van der Waals surface area contributed by atoms with Crippen molar-refractivity contribution in [3.63, 3.8) is 0 Å². The molecule has 1 aliphatic heterocycles. The van der Waals surface area contributed by atoms with Crippen molar-refractivity contribution in [2.24, 2.45) is 4.99 Å². The average Bonchev–Trinajstić information content (AvgIpc) is 3.22. The van der Waals surface area contributed by atoms with Gasteiger partial charge in [-0.2, -0.15) is 0 Å². The summed E-state index contributed by atoms with van der Waals surface area (Å²) in [5.41, 5.74) is 3.60. The Morgan fingerprint density at radius 3 is 2.94 bits per heavy atom. The first-order valence-corrected chi connectivity index (χ1v) is 11.7. The van der Waals surface area contributed by atoms with Gasteiger partial charge < -0.3 is 19.7 Å². The van der Waals surface area contributed by atoms with Gasteiger partial charge in [0.2, 0.25) is 0 Å². The molecule has 2 unspecified atom stereocenters. The van der Waals surface area contributed by atoms with Gasteiger partial charge in [0, 0.05) is 52.8 Å². The number of thiazole rings is 1. The predicted octanol–water partition coefficient (Wildman–Crippen LogP) is 3.90. The maximum absolute atomic E-state index is 5.65. The van der Waals surface area contributed by atoms with Crippen LogP contribution in [0.4, 0.5) is 0 Å². The normalized spacial score (nSPS) is 18.2. The Bertz CT molecular complexity index is 862. The fourth-order valence-electron chi connectivity index (χ4n) is 3.70. The summed E-state index contributed by atoms with van der Waals surface area (Å²) in [6, 6.07) is 8.77. The lowest BCUT2D eigenvalue weighted by Crippen LogP contribution is -2.40. The van der Waals surface area contributed by atoms with Crippen LogP contribution in [0.2, 0.25) is 0 Å². The minimum Gasteiger partial charge on any atom is -0.376 e. The lowest BCUT2D eigenvalue weighted by molar-refractivity contribution is -0.0212. The summed E-state index contributed by atoms with van der Waals surface area (Å²) in [6.07, 6.45) is 0.332. The van der Waals surface area contributed by atoms with Gasteiger partial charge in [0.15, 0.2) is 5.96 Å². The Morgan fingerprint density at radius 2 is 2.22 bits per heavy atom. The molecule has 2 heterocycles. The van der Waals surface area contributed by atoms with Crippen LogP contribution >= 0.6 is 35.3 Å². The molecule has 0 aliphatic carbocycles. The van der Waals surface area contributed by atoms with E-state index in [4.69, 9.17) is 9.47 Å². The third-order valence-electron chi connectivity index (χ3n) is 5.42. The van der Waals surface area contributed by atoms with Gasteiger partial charge in [-0.15, -0.1) is 35.3 Å². The molecule has 2 aromatic rings. The Labute approximate surface area is 213 Å². The summed E-state index contributed by atoms with van der Waals surface area (Å²) >= 11 is 1.63. The van der Waals surface area contributed by atoms with Crippen LogP contribution in [0.25, 0.3) is 0 Å². The Morgan fingerprint density at radius 1 is 1.44 bits per heavy atom. The zero-order valence-corrected chi connectivity index (χ0v) is 22.9. The molecule has 1 aromatic carbocycles. The van der Waals surface area contributed by atoms with Gasteiger partial charge in [0.1, 0.15) is 11.1 Å². The second kappa shape index (κ2) is 13.4. The Balaban J connectivity index is 0.00000363. The fourth-order valence-corrected chi connectivity index (χ4v) is 4.54. The molecular formula is C23H36IN5O2S. The number of nitrogens with zero attached hydrogens (tertiary/aromatic N) is 4. The third-order valence-corrected chi connectivity index (χ3v) is 6.47. The van der Waals surface area contributed by atoms with Crippen molar-refractivity contribution in [2.45, 2.75) is 45.7 Å². The first-order valence-electron chi connectivity index (χ1n) is 10.8. The van der Waals surface area contributed by atoms with Crippen molar-refractivity contribution in [3.8, 4) is 0 Å². The number of benzene rings is 1. The molecule has 32 heavy (non-hydrogen) atoms. The number of guanidine groups is 1. The number of hydrogen-bond donors (Lipinski definition) is 1. The molecule has 2 atom stereocenters. The lowest BCUT2D eigenvalue weighted by atomic mass is 10.1. The topological polar surface area (TPSA) is 62.2 Å². The van der Waals surface area contributed by atoms with Crippen LogP contribution in [0.15, 0.2) is 34.6 Å². The van der Waals surface area contributed by atoms with Crippen molar-refractivity contribution < 1.29 is 9.47 Å². The molecule has 1 aliphatic rings. The number of morpholine rings is 1.